The van der Waals surface area contributed by atoms with Crippen LogP contribution in [0.25, 0.3) is 0 Å². The van der Waals surface area contributed by atoms with E-state index < -0.39 is 24.3 Å². The van der Waals surface area contributed by atoms with Crippen molar-refractivity contribution in [2.45, 2.75) is 50.5 Å². The van der Waals surface area contributed by atoms with Crippen LogP contribution in [0.1, 0.15) is 32.1 Å². The summed E-state index contributed by atoms with van der Waals surface area (Å²) >= 11 is 0. The summed E-state index contributed by atoms with van der Waals surface area (Å²) in [6.07, 6.45) is -7.36. The molecule has 1 aliphatic carbocycles. The van der Waals surface area contributed by atoms with Gasteiger partial charge in [-0.1, -0.05) is 25.7 Å². The van der Waals surface area contributed by atoms with Crippen LogP contribution in [0.3, 0.4) is 0 Å². The Morgan fingerprint density at radius 3 is 1.78 bits per heavy atom. The van der Waals surface area contributed by atoms with E-state index >= 15 is 0 Å². The monoisotopic (exact) mass is 277 g/mol. The van der Waals surface area contributed by atoms with E-state index in [9.17, 15) is 26.3 Å². The van der Waals surface area contributed by atoms with Gasteiger partial charge in [-0.3, -0.25) is 0 Å². The molecule has 0 amide bonds. The van der Waals surface area contributed by atoms with Crippen LogP contribution < -0.4 is 5.32 Å². The van der Waals surface area contributed by atoms with Crippen LogP contribution in [-0.4, -0.2) is 25.4 Å². The van der Waals surface area contributed by atoms with Crippen molar-refractivity contribution in [3.05, 3.63) is 0 Å². The third-order valence-corrected chi connectivity index (χ3v) is 3.54. The maximum atomic E-state index is 12.6. The number of alkyl halides is 6. The Balaban J connectivity index is 2.80. The molecule has 18 heavy (non-hydrogen) atoms. The van der Waals surface area contributed by atoms with Crippen LogP contribution in [-0.2, 0) is 0 Å². The second kappa shape index (κ2) is 5.67. The highest BCUT2D eigenvalue weighted by Gasteiger charge is 2.59. The van der Waals surface area contributed by atoms with Crippen LogP contribution in [0.2, 0.25) is 0 Å². The average molecular weight is 277 g/mol. The molecule has 1 nitrogen and oxygen atoms in total. The molecule has 108 valence electrons. The summed E-state index contributed by atoms with van der Waals surface area (Å²) in [6, 6.07) is -1.59. The molecular formula is C11H17F6N. The molecule has 1 aliphatic rings. The predicted molar refractivity (Wildman–Crippen MR) is 55.0 cm³/mol. The zero-order valence-electron chi connectivity index (χ0n) is 10.0. The molecule has 0 aromatic carbocycles. The first-order valence-corrected chi connectivity index (χ1v) is 5.97. The molecule has 0 radical (unpaired) electrons. The van der Waals surface area contributed by atoms with Gasteiger partial charge in [0, 0.05) is 6.04 Å². The van der Waals surface area contributed by atoms with Gasteiger partial charge in [-0.15, -0.1) is 0 Å². The zero-order valence-corrected chi connectivity index (χ0v) is 10.0. The van der Waals surface area contributed by atoms with Gasteiger partial charge in [0.15, 0.2) is 5.92 Å². The van der Waals surface area contributed by atoms with Crippen molar-refractivity contribution in [2.75, 3.05) is 7.05 Å². The third kappa shape index (κ3) is 4.03. The van der Waals surface area contributed by atoms with Gasteiger partial charge >= 0.3 is 12.4 Å². The summed E-state index contributed by atoms with van der Waals surface area (Å²) in [6.45, 7) is 0. The Hall–Kier alpha value is -0.460. The molecular weight excluding hydrogens is 260 g/mol. The van der Waals surface area contributed by atoms with E-state index in [1.165, 1.54) is 0 Å². The second-order valence-electron chi connectivity index (χ2n) is 4.84. The minimum Gasteiger partial charge on any atom is -0.316 e. The Kier molecular flexibility index (Phi) is 4.91. The third-order valence-electron chi connectivity index (χ3n) is 3.54. The van der Waals surface area contributed by atoms with E-state index in [2.05, 4.69) is 5.32 Å². The lowest BCUT2D eigenvalue weighted by molar-refractivity contribution is -0.292. The molecule has 0 saturated heterocycles. The molecule has 0 aromatic rings. The van der Waals surface area contributed by atoms with Gasteiger partial charge in [-0.05, 0) is 19.4 Å². The summed E-state index contributed by atoms with van der Waals surface area (Å²) in [5.41, 5.74) is 0. The summed E-state index contributed by atoms with van der Waals surface area (Å²) < 4.78 is 75.4. The van der Waals surface area contributed by atoms with Crippen molar-refractivity contribution in [1.82, 2.24) is 5.32 Å². The molecule has 1 fully saturated rings. The standard InChI is InChI=1S/C11H17F6N/c1-18-8(6-7-4-2-3-5-7)9(10(12,13)14)11(15,16)17/h7-9,18H,2-6H2,1H3. The fourth-order valence-electron chi connectivity index (χ4n) is 2.67. The van der Waals surface area contributed by atoms with Crippen molar-refractivity contribution in [3.8, 4) is 0 Å². The van der Waals surface area contributed by atoms with Gasteiger partial charge in [0.1, 0.15) is 0 Å². The van der Waals surface area contributed by atoms with E-state index in [-0.39, 0.29) is 12.3 Å². The molecule has 0 spiro atoms. The van der Waals surface area contributed by atoms with Gasteiger partial charge in [0.2, 0.25) is 0 Å². The molecule has 0 aliphatic heterocycles. The van der Waals surface area contributed by atoms with Crippen molar-refractivity contribution < 1.29 is 26.3 Å². The average Bonchev–Trinajstić information content (AvgIpc) is 2.64. The molecule has 1 rings (SSSR count). The molecule has 1 atom stereocenters. The number of halogens is 6. The topological polar surface area (TPSA) is 12.0 Å². The van der Waals surface area contributed by atoms with Crippen LogP contribution in [0.4, 0.5) is 26.3 Å². The lowest BCUT2D eigenvalue weighted by Gasteiger charge is -2.32. The summed E-state index contributed by atoms with van der Waals surface area (Å²) in [5.74, 6) is -3.31. The maximum Gasteiger partial charge on any atom is 0.401 e. The molecule has 1 saturated carbocycles. The molecule has 0 bridgehead atoms. The van der Waals surface area contributed by atoms with Crippen molar-refractivity contribution in [2.24, 2.45) is 11.8 Å². The quantitative estimate of drug-likeness (QED) is 0.769. The lowest BCUT2D eigenvalue weighted by Crippen LogP contribution is -2.50. The minimum absolute atomic E-state index is 0.0327. The smallest absolute Gasteiger partial charge is 0.316 e. The number of rotatable bonds is 4. The molecule has 1 unspecified atom stereocenters. The summed E-state index contributed by atoms with van der Waals surface area (Å²) in [7, 11) is 1.16. The van der Waals surface area contributed by atoms with Crippen LogP contribution in [0, 0.1) is 11.8 Å². The van der Waals surface area contributed by atoms with E-state index in [0.717, 1.165) is 32.7 Å². The largest absolute Gasteiger partial charge is 0.401 e. The van der Waals surface area contributed by atoms with Crippen LogP contribution >= 0.6 is 0 Å². The van der Waals surface area contributed by atoms with E-state index in [4.69, 9.17) is 0 Å². The number of hydrogen-bond donors (Lipinski definition) is 1. The Morgan fingerprint density at radius 2 is 1.44 bits per heavy atom. The van der Waals surface area contributed by atoms with Crippen molar-refractivity contribution >= 4 is 0 Å². The highest BCUT2D eigenvalue weighted by molar-refractivity contribution is 4.88. The van der Waals surface area contributed by atoms with Gasteiger partial charge in [-0.2, -0.15) is 26.3 Å². The van der Waals surface area contributed by atoms with Crippen molar-refractivity contribution in [3.63, 3.8) is 0 Å². The highest BCUT2D eigenvalue weighted by Crippen LogP contribution is 2.43. The minimum atomic E-state index is -5.26. The lowest BCUT2D eigenvalue weighted by atomic mass is 9.88. The van der Waals surface area contributed by atoms with Crippen molar-refractivity contribution in [1.29, 1.82) is 0 Å². The van der Waals surface area contributed by atoms with Gasteiger partial charge in [0.05, 0.1) is 0 Å². The zero-order chi connectivity index (χ0) is 14.0. The summed E-state index contributed by atoms with van der Waals surface area (Å²) in [5, 5.41) is 2.20. The molecule has 7 heteroatoms. The molecule has 1 N–H and O–H groups in total. The first-order chi connectivity index (χ1) is 8.16. The van der Waals surface area contributed by atoms with E-state index in [1.54, 1.807) is 0 Å². The van der Waals surface area contributed by atoms with Crippen LogP contribution in [0.15, 0.2) is 0 Å². The van der Waals surface area contributed by atoms with Gasteiger partial charge < -0.3 is 5.32 Å². The SMILES string of the molecule is CNC(CC1CCCC1)C(C(F)(F)F)C(F)(F)F. The fraction of sp³-hybridized carbons (Fsp3) is 1.00. The predicted octanol–water partition coefficient (Wildman–Crippen LogP) is 3.90. The maximum absolute atomic E-state index is 12.6. The first-order valence-electron chi connectivity index (χ1n) is 5.97. The highest BCUT2D eigenvalue weighted by atomic mass is 19.4. The van der Waals surface area contributed by atoms with Gasteiger partial charge in [0.25, 0.3) is 0 Å². The van der Waals surface area contributed by atoms with Crippen LogP contribution in [0.5, 0.6) is 0 Å². The molecule has 0 heterocycles. The normalized spacial score (nSPS) is 20.7. The second-order valence-corrected chi connectivity index (χ2v) is 4.84. The Labute approximate surface area is 102 Å². The summed E-state index contributed by atoms with van der Waals surface area (Å²) in [4.78, 5) is 0. The first kappa shape index (κ1) is 15.6. The number of nitrogens with one attached hydrogen (secondary N) is 1. The van der Waals surface area contributed by atoms with E-state index in [0.29, 0.717) is 0 Å². The molecule has 0 aromatic heterocycles. The Bertz CT molecular complexity index is 239. The number of hydrogen-bond acceptors (Lipinski definition) is 1. The van der Waals surface area contributed by atoms with Gasteiger partial charge in [-0.25, -0.2) is 0 Å². The van der Waals surface area contributed by atoms with E-state index in [1.807, 2.05) is 0 Å². The Morgan fingerprint density at radius 1 is 1.00 bits per heavy atom. The fourth-order valence-corrected chi connectivity index (χ4v) is 2.67.